The van der Waals surface area contributed by atoms with Gasteiger partial charge in [-0.1, -0.05) is 6.07 Å². The molecule has 1 unspecified atom stereocenters. The molecule has 3 heterocycles. The second-order valence-electron chi connectivity index (χ2n) is 11.3. The number of aromatic nitrogens is 2. The Morgan fingerprint density at radius 2 is 1.84 bits per heavy atom. The molecule has 2 aromatic carbocycles. The summed E-state index contributed by atoms with van der Waals surface area (Å²) in [6, 6.07) is 9.37. The number of fused-ring (bicyclic) bond motifs is 4. The highest BCUT2D eigenvalue weighted by atomic mass is 16.5. The molecule has 12 nitrogen and oxygen atoms in total. The van der Waals surface area contributed by atoms with E-state index < -0.39 is 0 Å². The van der Waals surface area contributed by atoms with E-state index >= 15 is 0 Å². The van der Waals surface area contributed by atoms with E-state index in [-0.39, 0.29) is 73.8 Å². The van der Waals surface area contributed by atoms with Gasteiger partial charge in [0.25, 0.3) is 5.56 Å². The van der Waals surface area contributed by atoms with Gasteiger partial charge in [0.15, 0.2) is 11.5 Å². The van der Waals surface area contributed by atoms with Crippen LogP contribution in [0.2, 0.25) is 0 Å². The van der Waals surface area contributed by atoms with E-state index in [1.165, 1.54) is 4.90 Å². The van der Waals surface area contributed by atoms with Crippen molar-refractivity contribution >= 4 is 17.7 Å². The van der Waals surface area contributed by atoms with Gasteiger partial charge in [0.1, 0.15) is 11.6 Å². The summed E-state index contributed by atoms with van der Waals surface area (Å²) in [5.41, 5.74) is 3.79. The number of carbonyl (C=O) groups is 3. The largest absolute Gasteiger partial charge is 0.493 e. The summed E-state index contributed by atoms with van der Waals surface area (Å²) >= 11 is 0. The SMILES string of the molecule is COc1cc2cc(c1OC)-c1ccc3c(c1)C(CCO3)NC(=O)CCN(C(=O)Cc1c(C)nc(C)[nH]c1=O)CCNC(=O)CC2. The Morgan fingerprint density at radius 1 is 1.02 bits per heavy atom. The Kier molecular flexibility index (Phi) is 9.70. The van der Waals surface area contributed by atoms with E-state index in [0.717, 1.165) is 22.3 Å². The van der Waals surface area contributed by atoms with E-state index in [1.807, 2.05) is 30.3 Å². The molecule has 1 atom stereocenters. The molecular weight excluding hydrogens is 578 g/mol. The van der Waals surface area contributed by atoms with E-state index in [1.54, 1.807) is 28.1 Å². The third-order valence-electron chi connectivity index (χ3n) is 8.21. The molecule has 0 aliphatic carbocycles. The Balaban J connectivity index is 1.45. The number of aromatic amines is 1. The molecule has 5 rings (SSSR count). The Bertz CT molecular complexity index is 1670. The van der Waals surface area contributed by atoms with Gasteiger partial charge < -0.3 is 34.7 Å². The van der Waals surface area contributed by atoms with Crippen LogP contribution >= 0.6 is 0 Å². The van der Waals surface area contributed by atoms with Crippen LogP contribution in [0.5, 0.6) is 17.2 Å². The van der Waals surface area contributed by atoms with Crippen molar-refractivity contribution in [2.75, 3.05) is 40.5 Å². The van der Waals surface area contributed by atoms with Crippen molar-refractivity contribution in [2.45, 2.75) is 52.0 Å². The molecule has 4 bridgehead atoms. The summed E-state index contributed by atoms with van der Waals surface area (Å²) in [6.45, 7) is 4.31. The maximum Gasteiger partial charge on any atom is 0.254 e. The molecule has 2 aliphatic heterocycles. The molecule has 0 fully saturated rings. The predicted octanol–water partition coefficient (Wildman–Crippen LogP) is 2.53. The highest BCUT2D eigenvalue weighted by molar-refractivity contribution is 5.82. The number of nitrogens with zero attached hydrogens (tertiary/aromatic N) is 2. The molecule has 2 aliphatic rings. The van der Waals surface area contributed by atoms with Crippen molar-refractivity contribution < 1.29 is 28.6 Å². The fraction of sp³-hybridized carbons (Fsp3) is 0.424. The van der Waals surface area contributed by atoms with Gasteiger partial charge in [-0.15, -0.1) is 0 Å². The van der Waals surface area contributed by atoms with Crippen molar-refractivity contribution in [2.24, 2.45) is 0 Å². The van der Waals surface area contributed by atoms with Gasteiger partial charge >= 0.3 is 0 Å². The number of H-pyrrole nitrogens is 1. The van der Waals surface area contributed by atoms with Gasteiger partial charge in [0.05, 0.1) is 33.3 Å². The fourth-order valence-corrected chi connectivity index (χ4v) is 5.86. The van der Waals surface area contributed by atoms with Gasteiger partial charge in [-0.25, -0.2) is 4.98 Å². The summed E-state index contributed by atoms with van der Waals surface area (Å²) in [6.07, 6.45) is 1.13. The molecule has 0 radical (unpaired) electrons. The summed E-state index contributed by atoms with van der Waals surface area (Å²) in [5, 5.41) is 6.01. The quantitative estimate of drug-likeness (QED) is 0.404. The zero-order valence-electron chi connectivity index (χ0n) is 26.1. The molecule has 12 heteroatoms. The third-order valence-corrected chi connectivity index (χ3v) is 8.21. The lowest BCUT2D eigenvalue weighted by Gasteiger charge is -2.28. The molecule has 0 saturated heterocycles. The van der Waals surface area contributed by atoms with E-state index in [2.05, 4.69) is 20.6 Å². The van der Waals surface area contributed by atoms with Crippen molar-refractivity contribution in [3.8, 4) is 28.4 Å². The smallest absolute Gasteiger partial charge is 0.254 e. The van der Waals surface area contributed by atoms with Crippen LogP contribution in [0.3, 0.4) is 0 Å². The molecular formula is C33H39N5O7. The molecule has 3 amide bonds. The second-order valence-corrected chi connectivity index (χ2v) is 11.3. The summed E-state index contributed by atoms with van der Waals surface area (Å²) in [4.78, 5) is 60.6. The topological polar surface area (TPSA) is 152 Å². The lowest BCUT2D eigenvalue weighted by atomic mass is 9.93. The molecule has 3 N–H and O–H groups in total. The minimum atomic E-state index is -0.364. The standard InChI is InChI=1S/C33H39N5O7/c1-19-23(33(42)36-20(2)35-19)18-31(41)38-12-9-30(40)37-26-10-14-45-27-7-6-22(17-25(26)27)24-15-21(5-8-29(39)34-11-13-38)16-28(43-3)32(24)44-4/h6-7,15-17,26H,5,8-14,18H2,1-4H3,(H,34,39)(H,37,40)(H,35,36,42). The van der Waals surface area contributed by atoms with Crippen LogP contribution in [-0.2, 0) is 27.2 Å². The van der Waals surface area contributed by atoms with E-state index in [0.29, 0.717) is 48.2 Å². The van der Waals surface area contributed by atoms with Crippen LogP contribution < -0.4 is 30.4 Å². The van der Waals surface area contributed by atoms with Crippen LogP contribution in [0.4, 0.5) is 0 Å². The van der Waals surface area contributed by atoms with Gasteiger partial charge in [-0.3, -0.25) is 19.2 Å². The summed E-state index contributed by atoms with van der Waals surface area (Å²) in [7, 11) is 3.16. The normalized spacial score (nSPS) is 17.2. The first-order chi connectivity index (χ1) is 21.7. The monoisotopic (exact) mass is 617 g/mol. The van der Waals surface area contributed by atoms with Crippen molar-refractivity contribution in [1.82, 2.24) is 25.5 Å². The summed E-state index contributed by atoms with van der Waals surface area (Å²) in [5.74, 6) is 1.54. The number of benzene rings is 2. The van der Waals surface area contributed by atoms with Crippen molar-refractivity contribution in [3.05, 3.63) is 68.9 Å². The van der Waals surface area contributed by atoms with Crippen LogP contribution in [0.25, 0.3) is 11.1 Å². The maximum absolute atomic E-state index is 13.4. The third kappa shape index (κ3) is 7.27. The maximum atomic E-state index is 13.4. The molecule has 1 aromatic heterocycles. The number of nitrogens with one attached hydrogen (secondary N) is 3. The van der Waals surface area contributed by atoms with Crippen LogP contribution in [0.15, 0.2) is 35.1 Å². The first kappa shape index (κ1) is 31.6. The fourth-order valence-electron chi connectivity index (χ4n) is 5.86. The first-order valence-electron chi connectivity index (χ1n) is 15.1. The predicted molar refractivity (Wildman–Crippen MR) is 167 cm³/mol. The number of hydrogen-bond donors (Lipinski definition) is 3. The number of carbonyl (C=O) groups excluding carboxylic acids is 3. The first-order valence-corrected chi connectivity index (χ1v) is 15.1. The van der Waals surface area contributed by atoms with E-state index in [4.69, 9.17) is 14.2 Å². The van der Waals surface area contributed by atoms with Gasteiger partial charge in [0, 0.05) is 61.3 Å². The number of aryl methyl sites for hydroxylation is 3. The number of amides is 3. The highest BCUT2D eigenvalue weighted by Crippen LogP contribution is 2.42. The molecule has 3 aromatic rings. The van der Waals surface area contributed by atoms with E-state index in [9.17, 15) is 19.2 Å². The Morgan fingerprint density at radius 3 is 2.60 bits per heavy atom. The molecule has 238 valence electrons. The minimum Gasteiger partial charge on any atom is -0.493 e. The van der Waals surface area contributed by atoms with Crippen molar-refractivity contribution in [1.29, 1.82) is 0 Å². The number of methoxy groups -OCH3 is 2. The summed E-state index contributed by atoms with van der Waals surface area (Å²) < 4.78 is 17.3. The molecule has 0 spiro atoms. The van der Waals surface area contributed by atoms with Crippen LogP contribution in [0, 0.1) is 13.8 Å². The average molecular weight is 618 g/mol. The van der Waals surface area contributed by atoms with Crippen LogP contribution in [0.1, 0.15) is 53.5 Å². The average Bonchev–Trinajstić information content (AvgIpc) is 3.02. The number of rotatable bonds is 4. The zero-order chi connectivity index (χ0) is 32.1. The molecule has 0 saturated carbocycles. The molecule has 45 heavy (non-hydrogen) atoms. The van der Waals surface area contributed by atoms with Crippen molar-refractivity contribution in [3.63, 3.8) is 0 Å². The van der Waals surface area contributed by atoms with Gasteiger partial charge in [-0.2, -0.15) is 0 Å². The Labute approximate surface area is 261 Å². The zero-order valence-corrected chi connectivity index (χ0v) is 26.1. The van der Waals surface area contributed by atoms with Gasteiger partial charge in [-0.05, 0) is 55.7 Å². The minimum absolute atomic E-state index is 0.0423. The number of ether oxygens (including phenoxy) is 3. The lowest BCUT2D eigenvalue weighted by molar-refractivity contribution is -0.132. The number of hydrogen-bond acceptors (Lipinski definition) is 8. The second kappa shape index (κ2) is 13.8. The Hall–Kier alpha value is -4.87. The highest BCUT2D eigenvalue weighted by Gasteiger charge is 2.26. The van der Waals surface area contributed by atoms with Crippen LogP contribution in [-0.4, -0.2) is 73.1 Å². The lowest BCUT2D eigenvalue weighted by Crippen LogP contribution is -2.42. The van der Waals surface area contributed by atoms with Gasteiger partial charge in [0.2, 0.25) is 17.7 Å².